The Kier molecular flexibility index (Phi) is 7.17. The molecule has 196 valence electrons. The molecule has 0 amide bonds. The Morgan fingerprint density at radius 2 is 1.39 bits per heavy atom. The molecule has 0 unspecified atom stereocenters. The summed E-state index contributed by atoms with van der Waals surface area (Å²) in [6.45, 7) is 14.1. The SMILES string of the molecule is COc1c(C)cc(-c2cc3c(c(-c4ccc(Oc5ccccc5)cc4)n2)[Si](C(C)C)(C(C)C)OC3)cc1C. The molecule has 5 heteroatoms. The maximum Gasteiger partial charge on any atom is 0.232 e. The van der Waals surface area contributed by atoms with Crippen molar-refractivity contribution in [2.75, 3.05) is 7.11 Å². The number of fused-ring (bicyclic) bond motifs is 1. The standard InChI is InChI=1S/C33H37NO3Si/c1-21(2)38(22(3)4)33-27(20-36-38)19-30(26-17-23(5)32(35-7)24(6)18-26)34-31(33)25-13-15-29(16-14-25)37-28-11-9-8-10-12-28/h8-19,21-22H,20H2,1-7H3. The van der Waals surface area contributed by atoms with E-state index in [1.165, 1.54) is 10.8 Å². The predicted molar refractivity (Wildman–Crippen MR) is 158 cm³/mol. The van der Waals surface area contributed by atoms with Gasteiger partial charge in [0, 0.05) is 11.1 Å². The summed E-state index contributed by atoms with van der Waals surface area (Å²) in [6.07, 6.45) is 0. The zero-order valence-corrected chi connectivity index (χ0v) is 24.5. The first-order chi connectivity index (χ1) is 18.2. The fourth-order valence-corrected chi connectivity index (χ4v) is 11.0. The summed E-state index contributed by atoms with van der Waals surface area (Å²) in [5.74, 6) is 2.56. The second-order valence-electron chi connectivity index (χ2n) is 10.9. The number of benzene rings is 3. The lowest BCUT2D eigenvalue weighted by Gasteiger charge is -2.35. The van der Waals surface area contributed by atoms with E-state index >= 15 is 0 Å². The van der Waals surface area contributed by atoms with Crippen LogP contribution in [0.4, 0.5) is 0 Å². The van der Waals surface area contributed by atoms with Gasteiger partial charge >= 0.3 is 0 Å². The Morgan fingerprint density at radius 1 is 0.789 bits per heavy atom. The highest BCUT2D eigenvalue weighted by Gasteiger charge is 2.51. The Labute approximate surface area is 227 Å². The number of nitrogens with zero attached hydrogens (tertiary/aromatic N) is 1. The Morgan fingerprint density at radius 3 is 1.97 bits per heavy atom. The fourth-order valence-electron chi connectivity index (χ4n) is 6.08. The van der Waals surface area contributed by atoms with Crippen molar-refractivity contribution in [1.29, 1.82) is 0 Å². The third-order valence-corrected chi connectivity index (χ3v) is 13.1. The summed E-state index contributed by atoms with van der Waals surface area (Å²) in [7, 11) is -0.556. The van der Waals surface area contributed by atoms with Crippen LogP contribution in [0, 0.1) is 13.8 Å². The van der Waals surface area contributed by atoms with E-state index in [1.54, 1.807) is 7.11 Å². The molecule has 0 fully saturated rings. The van der Waals surface area contributed by atoms with Gasteiger partial charge in [-0.15, -0.1) is 0 Å². The van der Waals surface area contributed by atoms with Gasteiger partial charge in [-0.2, -0.15) is 0 Å². The van der Waals surface area contributed by atoms with E-state index in [-0.39, 0.29) is 0 Å². The molecule has 1 aliphatic rings. The molecule has 0 aliphatic carbocycles. The highest BCUT2D eigenvalue weighted by Crippen LogP contribution is 2.42. The summed E-state index contributed by atoms with van der Waals surface area (Å²) >= 11 is 0. The summed E-state index contributed by atoms with van der Waals surface area (Å²) in [5.41, 5.74) is 8.56. The third-order valence-electron chi connectivity index (χ3n) is 7.74. The van der Waals surface area contributed by atoms with Crippen LogP contribution in [0.2, 0.25) is 11.1 Å². The van der Waals surface area contributed by atoms with E-state index in [2.05, 4.69) is 71.9 Å². The van der Waals surface area contributed by atoms with Gasteiger partial charge in [-0.25, -0.2) is 4.98 Å². The topological polar surface area (TPSA) is 40.6 Å². The molecule has 0 N–H and O–H groups in total. The molecular weight excluding hydrogens is 486 g/mol. The van der Waals surface area contributed by atoms with Crippen LogP contribution in [-0.2, 0) is 11.0 Å². The van der Waals surface area contributed by atoms with Crippen LogP contribution in [0.15, 0.2) is 72.8 Å². The van der Waals surface area contributed by atoms with Gasteiger partial charge < -0.3 is 13.9 Å². The maximum atomic E-state index is 6.83. The number of aromatic nitrogens is 1. The van der Waals surface area contributed by atoms with Gasteiger partial charge in [-0.1, -0.05) is 45.9 Å². The molecule has 0 radical (unpaired) electrons. The molecule has 3 aromatic carbocycles. The lowest BCUT2D eigenvalue weighted by molar-refractivity contribution is 0.300. The van der Waals surface area contributed by atoms with Crippen LogP contribution in [-0.4, -0.2) is 20.4 Å². The van der Waals surface area contributed by atoms with Crippen molar-refractivity contribution in [3.63, 3.8) is 0 Å². The van der Waals surface area contributed by atoms with Gasteiger partial charge in [0.1, 0.15) is 17.2 Å². The van der Waals surface area contributed by atoms with Crippen LogP contribution < -0.4 is 14.7 Å². The van der Waals surface area contributed by atoms with Gasteiger partial charge in [0.2, 0.25) is 8.32 Å². The van der Waals surface area contributed by atoms with E-state index in [9.17, 15) is 0 Å². The minimum Gasteiger partial charge on any atom is -0.496 e. The Hall–Kier alpha value is -3.41. The number of methoxy groups -OCH3 is 1. The largest absolute Gasteiger partial charge is 0.496 e. The molecule has 0 atom stereocenters. The normalized spacial score (nSPS) is 14.1. The molecule has 5 rings (SSSR count). The molecule has 1 aliphatic heterocycles. The number of para-hydroxylation sites is 1. The van der Waals surface area contributed by atoms with Gasteiger partial charge in [-0.05, 0) is 101 Å². The third kappa shape index (κ3) is 4.54. The quantitative estimate of drug-likeness (QED) is 0.228. The van der Waals surface area contributed by atoms with Crippen molar-refractivity contribution in [2.24, 2.45) is 0 Å². The van der Waals surface area contributed by atoms with Gasteiger partial charge in [-0.3, -0.25) is 0 Å². The second kappa shape index (κ2) is 10.4. The van der Waals surface area contributed by atoms with Crippen molar-refractivity contribution < 1.29 is 13.9 Å². The van der Waals surface area contributed by atoms with Gasteiger partial charge in [0.05, 0.1) is 25.1 Å². The molecule has 4 nitrogen and oxygen atoms in total. The predicted octanol–water partition coefficient (Wildman–Crippen LogP) is 8.34. The lowest BCUT2D eigenvalue weighted by atomic mass is 10.0. The summed E-state index contributed by atoms with van der Waals surface area (Å²) in [4.78, 5) is 5.37. The first-order valence-corrected chi connectivity index (χ1v) is 15.5. The zero-order chi connectivity index (χ0) is 27.0. The minimum absolute atomic E-state index is 0.432. The monoisotopic (exact) mass is 523 g/mol. The second-order valence-corrected chi connectivity index (χ2v) is 15.5. The van der Waals surface area contributed by atoms with Crippen LogP contribution in [0.25, 0.3) is 22.5 Å². The summed E-state index contributed by atoms with van der Waals surface area (Å²) in [5, 5.41) is 1.35. The highest BCUT2D eigenvalue weighted by molar-refractivity contribution is 6.90. The van der Waals surface area contributed by atoms with Gasteiger partial charge in [0.15, 0.2) is 0 Å². The van der Waals surface area contributed by atoms with E-state index < -0.39 is 8.32 Å². The average molecular weight is 524 g/mol. The van der Waals surface area contributed by atoms with Crippen molar-refractivity contribution in [2.45, 2.75) is 59.2 Å². The zero-order valence-electron chi connectivity index (χ0n) is 23.5. The number of aryl methyl sites for hydroxylation is 2. The lowest BCUT2D eigenvalue weighted by Crippen LogP contribution is -2.53. The Balaban J connectivity index is 1.66. The number of pyridine rings is 1. The molecule has 0 spiro atoms. The summed E-state index contributed by atoms with van der Waals surface area (Å²) in [6, 6.07) is 24.8. The molecule has 0 saturated carbocycles. The van der Waals surface area contributed by atoms with Crippen LogP contribution >= 0.6 is 0 Å². The van der Waals surface area contributed by atoms with E-state index in [0.29, 0.717) is 17.7 Å². The Bertz CT molecular complexity index is 1410. The van der Waals surface area contributed by atoms with Gasteiger partial charge in [0.25, 0.3) is 0 Å². The number of hydrogen-bond donors (Lipinski definition) is 0. The van der Waals surface area contributed by atoms with Crippen LogP contribution in [0.1, 0.15) is 44.4 Å². The van der Waals surface area contributed by atoms with Crippen LogP contribution in [0.5, 0.6) is 17.2 Å². The average Bonchev–Trinajstić information content (AvgIpc) is 3.30. The van der Waals surface area contributed by atoms with Crippen molar-refractivity contribution in [3.05, 3.63) is 89.5 Å². The smallest absolute Gasteiger partial charge is 0.232 e. The molecule has 0 saturated heterocycles. The molecule has 38 heavy (non-hydrogen) atoms. The first-order valence-electron chi connectivity index (χ1n) is 13.4. The number of hydrogen-bond acceptors (Lipinski definition) is 4. The maximum absolute atomic E-state index is 6.83. The highest BCUT2D eigenvalue weighted by atomic mass is 28.4. The molecular formula is C33H37NO3Si. The molecule has 4 aromatic rings. The molecule has 2 heterocycles. The fraction of sp³-hybridized carbons (Fsp3) is 0.303. The first kappa shape index (κ1) is 26.2. The van der Waals surface area contributed by atoms with Crippen molar-refractivity contribution >= 4 is 13.5 Å². The van der Waals surface area contributed by atoms with Crippen LogP contribution in [0.3, 0.4) is 0 Å². The van der Waals surface area contributed by atoms with Crippen molar-refractivity contribution in [3.8, 4) is 39.8 Å². The summed E-state index contributed by atoms with van der Waals surface area (Å²) < 4.78 is 18.5. The number of rotatable bonds is 7. The molecule has 0 bridgehead atoms. The number of ether oxygens (including phenoxy) is 2. The minimum atomic E-state index is -2.28. The van der Waals surface area contributed by atoms with Crippen molar-refractivity contribution in [1.82, 2.24) is 4.98 Å². The van der Waals surface area contributed by atoms with E-state index in [0.717, 1.165) is 50.9 Å². The molecule has 1 aromatic heterocycles. The van der Waals surface area contributed by atoms with E-state index in [4.69, 9.17) is 18.9 Å². The van der Waals surface area contributed by atoms with E-state index in [1.807, 2.05) is 42.5 Å².